The first-order valence-electron chi connectivity index (χ1n) is 7.45. The zero-order valence-electron chi connectivity index (χ0n) is 12.6. The molecular formula is C18H19NO2. The van der Waals surface area contributed by atoms with Crippen LogP contribution in [0.3, 0.4) is 0 Å². The van der Waals surface area contributed by atoms with E-state index in [-0.39, 0.29) is 11.4 Å². The summed E-state index contributed by atoms with van der Waals surface area (Å²) in [6.45, 7) is 4.61. The van der Waals surface area contributed by atoms with Crippen LogP contribution in [0.5, 0.6) is 0 Å². The van der Waals surface area contributed by atoms with Crippen molar-refractivity contribution in [1.82, 2.24) is 4.98 Å². The fourth-order valence-electron chi connectivity index (χ4n) is 4.06. The highest BCUT2D eigenvalue weighted by Gasteiger charge is 2.43. The highest BCUT2D eigenvalue weighted by Crippen LogP contribution is 2.53. The molecule has 3 nitrogen and oxygen atoms in total. The Labute approximate surface area is 124 Å². The molecule has 0 amide bonds. The third-order valence-corrected chi connectivity index (χ3v) is 5.27. The van der Waals surface area contributed by atoms with Crippen molar-refractivity contribution in [1.29, 1.82) is 0 Å². The van der Waals surface area contributed by atoms with Gasteiger partial charge in [0.1, 0.15) is 0 Å². The molecule has 2 bridgehead atoms. The molecule has 3 heteroatoms. The first-order chi connectivity index (χ1) is 10.0. The Bertz CT molecular complexity index is 782. The van der Waals surface area contributed by atoms with Crippen molar-refractivity contribution in [3.63, 3.8) is 0 Å². The maximum atomic E-state index is 11.8. The van der Waals surface area contributed by atoms with Gasteiger partial charge >= 0.3 is 5.97 Å². The lowest BCUT2D eigenvalue weighted by Gasteiger charge is -2.37. The average Bonchev–Trinajstić information content (AvgIpc) is 3.07. The van der Waals surface area contributed by atoms with E-state index in [0.717, 1.165) is 10.9 Å². The molecule has 108 valence electrons. The number of fused-ring (bicyclic) bond motifs is 6. The van der Waals surface area contributed by atoms with Gasteiger partial charge in [-0.15, -0.1) is 0 Å². The minimum absolute atomic E-state index is 0.0891. The molecule has 21 heavy (non-hydrogen) atoms. The minimum atomic E-state index is -0.276. The van der Waals surface area contributed by atoms with Crippen LogP contribution in [0.1, 0.15) is 47.8 Å². The summed E-state index contributed by atoms with van der Waals surface area (Å²) in [7, 11) is 1.42. The molecule has 0 aliphatic heterocycles. The van der Waals surface area contributed by atoms with Gasteiger partial charge in [0.25, 0.3) is 0 Å². The standard InChI is InChI=1S/C18H19NO2/c1-18(2)12-6-4-10(8-12)16-15(18)13-9-11(17(20)21-3)5-7-14(13)19-16/h4-7,9-10,12,19H,8H2,1-3H3. The number of esters is 1. The summed E-state index contributed by atoms with van der Waals surface area (Å²) < 4.78 is 4.85. The SMILES string of the molecule is COC(=O)c1ccc2[nH]c3c(c2c1)C(C)(C)C1C=CC3C1. The maximum Gasteiger partial charge on any atom is 0.337 e. The molecule has 1 N–H and O–H groups in total. The molecule has 4 rings (SSSR count). The summed E-state index contributed by atoms with van der Waals surface area (Å²) in [6.07, 6.45) is 5.88. The smallest absolute Gasteiger partial charge is 0.337 e. The lowest BCUT2D eigenvalue weighted by molar-refractivity contribution is 0.0601. The summed E-state index contributed by atoms with van der Waals surface area (Å²) in [5.41, 5.74) is 4.51. The van der Waals surface area contributed by atoms with E-state index < -0.39 is 0 Å². The van der Waals surface area contributed by atoms with Gasteiger partial charge in [-0.05, 0) is 41.5 Å². The number of aromatic amines is 1. The Morgan fingerprint density at radius 3 is 2.90 bits per heavy atom. The van der Waals surface area contributed by atoms with Gasteiger partial charge in [-0.1, -0.05) is 26.0 Å². The third-order valence-electron chi connectivity index (χ3n) is 5.27. The quantitative estimate of drug-likeness (QED) is 0.636. The monoisotopic (exact) mass is 281 g/mol. The van der Waals surface area contributed by atoms with Gasteiger partial charge in [0, 0.05) is 22.5 Å². The van der Waals surface area contributed by atoms with E-state index in [4.69, 9.17) is 4.74 Å². The van der Waals surface area contributed by atoms with Gasteiger partial charge in [0.2, 0.25) is 0 Å². The summed E-state index contributed by atoms with van der Waals surface area (Å²) >= 11 is 0. The molecule has 0 spiro atoms. The highest BCUT2D eigenvalue weighted by atomic mass is 16.5. The number of carbonyl (C=O) groups is 1. The summed E-state index contributed by atoms with van der Waals surface area (Å²) in [5.74, 6) is 0.796. The van der Waals surface area contributed by atoms with Crippen molar-refractivity contribution in [3.8, 4) is 0 Å². The number of hydrogen-bond acceptors (Lipinski definition) is 2. The first kappa shape index (κ1) is 12.7. The maximum absolute atomic E-state index is 11.8. The van der Waals surface area contributed by atoms with Crippen LogP contribution in [0.15, 0.2) is 30.4 Å². The van der Waals surface area contributed by atoms with Crippen LogP contribution in [0.25, 0.3) is 10.9 Å². The van der Waals surface area contributed by atoms with E-state index in [1.165, 1.54) is 24.8 Å². The first-order valence-corrected chi connectivity index (χ1v) is 7.45. The topological polar surface area (TPSA) is 42.1 Å². The molecule has 1 aromatic carbocycles. The second-order valence-electron chi connectivity index (χ2n) is 6.72. The zero-order valence-corrected chi connectivity index (χ0v) is 12.6. The second kappa shape index (κ2) is 4.00. The fraction of sp³-hybridized carbons (Fsp3) is 0.389. The third kappa shape index (κ3) is 1.57. The number of methoxy groups -OCH3 is 1. The Morgan fingerprint density at radius 1 is 1.33 bits per heavy atom. The van der Waals surface area contributed by atoms with Crippen LogP contribution in [-0.2, 0) is 10.2 Å². The second-order valence-corrected chi connectivity index (χ2v) is 6.72. The van der Waals surface area contributed by atoms with Gasteiger partial charge in [0.05, 0.1) is 12.7 Å². The van der Waals surface area contributed by atoms with Crippen molar-refractivity contribution in [2.75, 3.05) is 7.11 Å². The molecular weight excluding hydrogens is 262 g/mol. The molecule has 0 radical (unpaired) electrons. The van der Waals surface area contributed by atoms with Crippen molar-refractivity contribution >= 4 is 16.9 Å². The minimum Gasteiger partial charge on any atom is -0.465 e. The van der Waals surface area contributed by atoms with Crippen LogP contribution in [0, 0.1) is 5.92 Å². The van der Waals surface area contributed by atoms with E-state index in [2.05, 4.69) is 31.0 Å². The molecule has 0 fully saturated rings. The van der Waals surface area contributed by atoms with E-state index in [1.54, 1.807) is 0 Å². The number of nitrogens with one attached hydrogen (secondary N) is 1. The predicted octanol–water partition coefficient (Wildman–Crippen LogP) is 3.91. The Balaban J connectivity index is 2.00. The number of carbonyl (C=O) groups excluding carboxylic acids is 1. The van der Waals surface area contributed by atoms with Gasteiger partial charge in [-0.3, -0.25) is 0 Å². The summed E-state index contributed by atoms with van der Waals surface area (Å²) in [5, 5.41) is 1.16. The molecule has 1 heterocycles. The lowest BCUT2D eigenvalue weighted by Crippen LogP contribution is -2.31. The van der Waals surface area contributed by atoms with Gasteiger partial charge in [-0.2, -0.15) is 0 Å². The molecule has 0 saturated heterocycles. The molecule has 2 aliphatic carbocycles. The predicted molar refractivity (Wildman–Crippen MR) is 82.7 cm³/mol. The number of H-pyrrole nitrogens is 1. The fourth-order valence-corrected chi connectivity index (χ4v) is 4.06. The van der Waals surface area contributed by atoms with Crippen molar-refractivity contribution in [3.05, 3.63) is 47.2 Å². The summed E-state index contributed by atoms with van der Waals surface area (Å²) in [6, 6.07) is 5.80. The zero-order chi connectivity index (χ0) is 14.8. The van der Waals surface area contributed by atoms with Gasteiger partial charge in [0.15, 0.2) is 0 Å². The lowest BCUT2D eigenvalue weighted by atomic mass is 9.67. The van der Waals surface area contributed by atoms with Crippen molar-refractivity contribution in [2.24, 2.45) is 5.92 Å². The molecule has 2 aromatic rings. The van der Waals surface area contributed by atoms with E-state index >= 15 is 0 Å². The highest BCUT2D eigenvalue weighted by molar-refractivity contribution is 5.96. The van der Waals surface area contributed by atoms with Gasteiger partial charge in [-0.25, -0.2) is 4.79 Å². The van der Waals surface area contributed by atoms with Crippen LogP contribution in [0.2, 0.25) is 0 Å². The molecule has 2 unspecified atom stereocenters. The average molecular weight is 281 g/mol. The molecule has 2 aliphatic rings. The largest absolute Gasteiger partial charge is 0.465 e. The van der Waals surface area contributed by atoms with Gasteiger partial charge < -0.3 is 9.72 Å². The van der Waals surface area contributed by atoms with Crippen LogP contribution < -0.4 is 0 Å². The Hall–Kier alpha value is -2.03. The molecule has 1 aromatic heterocycles. The summed E-state index contributed by atoms with van der Waals surface area (Å²) in [4.78, 5) is 15.4. The number of aromatic nitrogens is 1. The van der Waals surface area contributed by atoms with Crippen molar-refractivity contribution in [2.45, 2.75) is 31.6 Å². The molecule has 0 saturated carbocycles. The molecule has 2 atom stereocenters. The Morgan fingerprint density at radius 2 is 2.14 bits per heavy atom. The Kier molecular flexibility index (Phi) is 2.42. The van der Waals surface area contributed by atoms with Crippen LogP contribution >= 0.6 is 0 Å². The number of ether oxygens (including phenoxy) is 1. The number of benzene rings is 1. The number of hydrogen-bond donors (Lipinski definition) is 1. The van der Waals surface area contributed by atoms with Crippen LogP contribution in [0.4, 0.5) is 0 Å². The number of rotatable bonds is 1. The van der Waals surface area contributed by atoms with E-state index in [1.807, 2.05) is 18.2 Å². The van der Waals surface area contributed by atoms with E-state index in [9.17, 15) is 4.79 Å². The van der Waals surface area contributed by atoms with Crippen molar-refractivity contribution < 1.29 is 9.53 Å². The normalized spacial score (nSPS) is 25.1. The van der Waals surface area contributed by atoms with E-state index in [0.29, 0.717) is 17.4 Å². The number of allylic oxidation sites excluding steroid dienone is 2. The van der Waals surface area contributed by atoms with Crippen LogP contribution in [-0.4, -0.2) is 18.1 Å².